The second-order valence-electron chi connectivity index (χ2n) is 4.68. The van der Waals surface area contributed by atoms with Gasteiger partial charge in [-0.15, -0.1) is 11.3 Å². The van der Waals surface area contributed by atoms with E-state index in [1.54, 1.807) is 31.4 Å². The van der Waals surface area contributed by atoms with Crippen molar-refractivity contribution in [2.75, 3.05) is 13.6 Å². The summed E-state index contributed by atoms with van der Waals surface area (Å²) in [6.07, 6.45) is -0.0675. The summed E-state index contributed by atoms with van der Waals surface area (Å²) in [5, 5.41) is 10.6. The Morgan fingerprint density at radius 1 is 1.33 bits per heavy atom. The fourth-order valence-electron chi connectivity index (χ4n) is 1.92. The second kappa shape index (κ2) is 6.49. The Balaban J connectivity index is 2.17. The van der Waals surface area contributed by atoms with Crippen LogP contribution in [-0.2, 0) is 4.79 Å². The number of hydrogen-bond donors (Lipinski definition) is 1. The third kappa shape index (κ3) is 3.66. The lowest BCUT2D eigenvalue weighted by atomic mass is 10.1. The van der Waals surface area contributed by atoms with E-state index in [0.717, 1.165) is 10.6 Å². The molecule has 0 saturated heterocycles. The maximum atomic E-state index is 12.3. The highest BCUT2D eigenvalue weighted by molar-refractivity contribution is 7.13. The van der Waals surface area contributed by atoms with Crippen LogP contribution < -0.4 is 0 Å². The standard InChI is InChI=1S/C15H16N2O3S/c1-10-11(15(20)17(2)8-7-14(18)19)5-6-12(16-10)13-4-3-9-21-13/h3-6,9H,7-8H2,1-2H3,(H,18,19). The van der Waals surface area contributed by atoms with Gasteiger partial charge in [-0.05, 0) is 30.5 Å². The SMILES string of the molecule is Cc1nc(-c2cccs2)ccc1C(=O)N(C)CCC(=O)O. The topological polar surface area (TPSA) is 70.5 Å². The number of carboxylic acid groups (broad SMARTS) is 1. The van der Waals surface area contributed by atoms with Crippen LogP contribution in [0.15, 0.2) is 29.6 Å². The molecule has 0 spiro atoms. The van der Waals surface area contributed by atoms with Crippen LogP contribution in [0.1, 0.15) is 22.5 Å². The monoisotopic (exact) mass is 304 g/mol. The summed E-state index contributed by atoms with van der Waals surface area (Å²) in [4.78, 5) is 29.7. The molecule has 2 aromatic heterocycles. The van der Waals surface area contributed by atoms with Crippen molar-refractivity contribution in [3.05, 3.63) is 40.9 Å². The average molecular weight is 304 g/mol. The summed E-state index contributed by atoms with van der Waals surface area (Å²) in [6, 6.07) is 7.50. The van der Waals surface area contributed by atoms with Crippen LogP contribution in [0.2, 0.25) is 0 Å². The van der Waals surface area contributed by atoms with Gasteiger partial charge in [-0.2, -0.15) is 0 Å². The molecule has 2 rings (SSSR count). The number of rotatable bonds is 5. The molecule has 0 fully saturated rings. The molecule has 5 nitrogen and oxygen atoms in total. The number of thiophene rings is 1. The van der Waals surface area contributed by atoms with E-state index in [-0.39, 0.29) is 18.9 Å². The molecule has 1 N–H and O–H groups in total. The van der Waals surface area contributed by atoms with Crippen molar-refractivity contribution in [2.45, 2.75) is 13.3 Å². The summed E-state index contributed by atoms with van der Waals surface area (Å²) in [7, 11) is 1.60. The van der Waals surface area contributed by atoms with Gasteiger partial charge in [-0.3, -0.25) is 14.6 Å². The molecule has 0 aliphatic rings. The van der Waals surface area contributed by atoms with E-state index in [1.807, 2.05) is 23.6 Å². The highest BCUT2D eigenvalue weighted by Crippen LogP contribution is 2.24. The number of carbonyl (C=O) groups is 2. The normalized spacial score (nSPS) is 10.4. The Kier molecular flexibility index (Phi) is 4.70. The van der Waals surface area contributed by atoms with Gasteiger partial charge in [-0.25, -0.2) is 0 Å². The van der Waals surface area contributed by atoms with Gasteiger partial charge in [0.15, 0.2) is 0 Å². The Morgan fingerprint density at radius 3 is 2.67 bits per heavy atom. The fourth-order valence-corrected chi connectivity index (χ4v) is 2.61. The molecule has 2 aromatic rings. The number of hydrogen-bond acceptors (Lipinski definition) is 4. The van der Waals surface area contributed by atoms with E-state index >= 15 is 0 Å². The Morgan fingerprint density at radius 2 is 2.10 bits per heavy atom. The Bertz CT molecular complexity index is 653. The number of aromatic nitrogens is 1. The van der Waals surface area contributed by atoms with Gasteiger partial charge in [0.2, 0.25) is 0 Å². The van der Waals surface area contributed by atoms with E-state index < -0.39 is 5.97 Å². The lowest BCUT2D eigenvalue weighted by molar-refractivity contribution is -0.137. The molecule has 0 radical (unpaired) electrons. The minimum Gasteiger partial charge on any atom is -0.481 e. The summed E-state index contributed by atoms with van der Waals surface area (Å²) in [5.74, 6) is -1.13. The number of carbonyl (C=O) groups excluding carboxylic acids is 1. The first-order valence-corrected chi connectivity index (χ1v) is 7.36. The minimum absolute atomic E-state index is 0.0675. The third-order valence-corrected chi connectivity index (χ3v) is 3.99. The molecule has 0 saturated carbocycles. The van der Waals surface area contributed by atoms with Gasteiger partial charge >= 0.3 is 5.97 Å². The van der Waals surface area contributed by atoms with Crippen LogP contribution in [-0.4, -0.2) is 40.5 Å². The highest BCUT2D eigenvalue weighted by Gasteiger charge is 2.16. The van der Waals surface area contributed by atoms with Crippen molar-refractivity contribution in [1.29, 1.82) is 0 Å². The molecular weight excluding hydrogens is 288 g/mol. The summed E-state index contributed by atoms with van der Waals surface area (Å²) in [5.41, 5.74) is 1.99. The molecular formula is C15H16N2O3S. The van der Waals surface area contributed by atoms with Gasteiger partial charge in [0.25, 0.3) is 5.91 Å². The lowest BCUT2D eigenvalue weighted by Crippen LogP contribution is -2.29. The molecule has 0 aliphatic heterocycles. The van der Waals surface area contributed by atoms with Gasteiger partial charge in [0.05, 0.1) is 28.2 Å². The van der Waals surface area contributed by atoms with Crippen LogP contribution in [0.5, 0.6) is 0 Å². The molecule has 0 unspecified atom stereocenters. The molecule has 2 heterocycles. The molecule has 1 amide bonds. The highest BCUT2D eigenvalue weighted by atomic mass is 32.1. The molecule has 0 aromatic carbocycles. The van der Waals surface area contributed by atoms with Crippen molar-refractivity contribution in [3.63, 3.8) is 0 Å². The zero-order valence-corrected chi connectivity index (χ0v) is 12.7. The van der Waals surface area contributed by atoms with Gasteiger partial charge in [0, 0.05) is 13.6 Å². The predicted octanol–water partition coefficient (Wildman–Crippen LogP) is 2.67. The Labute approximate surface area is 126 Å². The van der Waals surface area contributed by atoms with Gasteiger partial charge in [-0.1, -0.05) is 6.07 Å². The van der Waals surface area contributed by atoms with Crippen LogP contribution in [0, 0.1) is 6.92 Å². The van der Waals surface area contributed by atoms with Crippen molar-refractivity contribution in [3.8, 4) is 10.6 Å². The lowest BCUT2D eigenvalue weighted by Gasteiger charge is -2.17. The van der Waals surface area contributed by atoms with E-state index in [1.165, 1.54) is 4.90 Å². The number of pyridine rings is 1. The summed E-state index contributed by atoms with van der Waals surface area (Å²) < 4.78 is 0. The number of amides is 1. The fraction of sp³-hybridized carbons (Fsp3) is 0.267. The van der Waals surface area contributed by atoms with E-state index in [0.29, 0.717) is 11.3 Å². The first kappa shape index (κ1) is 15.2. The molecule has 21 heavy (non-hydrogen) atoms. The summed E-state index contributed by atoms with van der Waals surface area (Å²) in [6.45, 7) is 1.97. The summed E-state index contributed by atoms with van der Waals surface area (Å²) >= 11 is 1.59. The van der Waals surface area contributed by atoms with Crippen molar-refractivity contribution in [2.24, 2.45) is 0 Å². The average Bonchev–Trinajstić information content (AvgIpc) is 2.98. The zero-order chi connectivity index (χ0) is 15.4. The maximum Gasteiger partial charge on any atom is 0.305 e. The molecule has 110 valence electrons. The van der Waals surface area contributed by atoms with Crippen molar-refractivity contribution < 1.29 is 14.7 Å². The molecule has 0 atom stereocenters. The Hall–Kier alpha value is -2.21. The van der Waals surface area contributed by atoms with Gasteiger partial charge in [0.1, 0.15) is 0 Å². The number of aryl methyl sites for hydroxylation is 1. The molecule has 6 heteroatoms. The number of aliphatic carboxylic acids is 1. The van der Waals surface area contributed by atoms with Gasteiger partial charge < -0.3 is 10.0 Å². The quantitative estimate of drug-likeness (QED) is 0.922. The number of nitrogens with zero attached hydrogens (tertiary/aromatic N) is 2. The second-order valence-corrected chi connectivity index (χ2v) is 5.62. The van der Waals surface area contributed by atoms with E-state index in [4.69, 9.17) is 5.11 Å². The van der Waals surface area contributed by atoms with Crippen molar-refractivity contribution >= 4 is 23.2 Å². The molecule has 0 bridgehead atoms. The minimum atomic E-state index is -0.919. The zero-order valence-electron chi connectivity index (χ0n) is 11.9. The first-order chi connectivity index (χ1) is 9.99. The van der Waals surface area contributed by atoms with Crippen LogP contribution >= 0.6 is 11.3 Å². The molecule has 0 aliphatic carbocycles. The smallest absolute Gasteiger partial charge is 0.305 e. The van der Waals surface area contributed by atoms with E-state index in [2.05, 4.69) is 4.98 Å². The van der Waals surface area contributed by atoms with Crippen LogP contribution in [0.3, 0.4) is 0 Å². The first-order valence-electron chi connectivity index (χ1n) is 6.48. The maximum absolute atomic E-state index is 12.3. The number of carboxylic acids is 1. The third-order valence-electron chi connectivity index (χ3n) is 3.10. The van der Waals surface area contributed by atoms with Crippen LogP contribution in [0.4, 0.5) is 0 Å². The van der Waals surface area contributed by atoms with Crippen LogP contribution in [0.25, 0.3) is 10.6 Å². The largest absolute Gasteiger partial charge is 0.481 e. The van der Waals surface area contributed by atoms with Crippen molar-refractivity contribution in [1.82, 2.24) is 9.88 Å². The predicted molar refractivity (Wildman–Crippen MR) is 81.5 cm³/mol. The van der Waals surface area contributed by atoms with E-state index in [9.17, 15) is 9.59 Å².